The first-order chi connectivity index (χ1) is 8.60. The first-order valence-electron chi connectivity index (χ1n) is 6.10. The lowest BCUT2D eigenvalue weighted by atomic mass is 9.96. The molecule has 18 heavy (non-hydrogen) atoms. The van der Waals surface area contributed by atoms with E-state index >= 15 is 0 Å². The summed E-state index contributed by atoms with van der Waals surface area (Å²) in [6.07, 6.45) is 3.93. The second-order valence-corrected chi connectivity index (χ2v) is 4.68. The van der Waals surface area contributed by atoms with Crippen LogP contribution in [0.1, 0.15) is 18.9 Å². The molecule has 0 saturated carbocycles. The molecule has 2 rings (SSSR count). The van der Waals surface area contributed by atoms with Crippen molar-refractivity contribution in [3.8, 4) is 0 Å². The topological polar surface area (TPSA) is 71.5 Å². The van der Waals surface area contributed by atoms with Gasteiger partial charge < -0.3 is 15.2 Å². The molecule has 2 N–H and O–H groups in total. The summed E-state index contributed by atoms with van der Waals surface area (Å²) in [5, 5.41) is 13.0. The van der Waals surface area contributed by atoms with Crippen LogP contribution < -0.4 is 5.32 Å². The highest BCUT2D eigenvalue weighted by Crippen LogP contribution is 2.24. The number of aliphatic hydroxyl groups is 1. The van der Waals surface area contributed by atoms with Crippen molar-refractivity contribution in [1.82, 2.24) is 10.3 Å². The Hall–Kier alpha value is -1.46. The molecular formula is C13H18N2O3. The standard InChI is InChI=1S/C13H18N2O3/c1-10-13(17,4-7-18-10)9-15-12(16)8-11-2-5-14-6-3-11/h2-3,5-6,10,17H,4,7-9H2,1H3,(H,15,16). The molecule has 1 amide bonds. The van der Waals surface area contributed by atoms with E-state index in [0.717, 1.165) is 5.56 Å². The van der Waals surface area contributed by atoms with E-state index < -0.39 is 5.60 Å². The largest absolute Gasteiger partial charge is 0.385 e. The molecular weight excluding hydrogens is 232 g/mol. The minimum absolute atomic E-state index is 0.103. The van der Waals surface area contributed by atoms with Crippen LogP contribution in [0.25, 0.3) is 0 Å². The summed E-state index contributed by atoms with van der Waals surface area (Å²) in [5.41, 5.74) is -0.0290. The zero-order valence-electron chi connectivity index (χ0n) is 10.4. The predicted molar refractivity (Wildman–Crippen MR) is 65.9 cm³/mol. The minimum atomic E-state index is -0.937. The number of rotatable bonds is 4. The van der Waals surface area contributed by atoms with E-state index in [9.17, 15) is 9.90 Å². The Morgan fingerprint density at radius 2 is 2.33 bits per heavy atom. The Morgan fingerprint density at radius 3 is 2.94 bits per heavy atom. The first-order valence-corrected chi connectivity index (χ1v) is 6.10. The average molecular weight is 250 g/mol. The Kier molecular flexibility index (Phi) is 3.93. The van der Waals surface area contributed by atoms with Gasteiger partial charge in [0, 0.05) is 32.0 Å². The molecule has 1 saturated heterocycles. The molecule has 2 unspecified atom stereocenters. The van der Waals surface area contributed by atoms with Crippen molar-refractivity contribution in [3.05, 3.63) is 30.1 Å². The van der Waals surface area contributed by atoms with Gasteiger partial charge in [-0.25, -0.2) is 0 Å². The second kappa shape index (κ2) is 5.46. The summed E-state index contributed by atoms with van der Waals surface area (Å²) in [5.74, 6) is -0.103. The molecule has 1 aromatic rings. The maximum absolute atomic E-state index is 11.7. The minimum Gasteiger partial charge on any atom is -0.385 e. The van der Waals surface area contributed by atoms with Gasteiger partial charge in [0.15, 0.2) is 0 Å². The van der Waals surface area contributed by atoms with Crippen LogP contribution in [0.5, 0.6) is 0 Å². The number of carbonyl (C=O) groups is 1. The molecule has 0 spiro atoms. The fraction of sp³-hybridized carbons (Fsp3) is 0.538. The van der Waals surface area contributed by atoms with Crippen molar-refractivity contribution >= 4 is 5.91 Å². The highest BCUT2D eigenvalue weighted by Gasteiger charge is 2.39. The Labute approximate surface area is 106 Å². The van der Waals surface area contributed by atoms with Crippen LogP contribution in [0, 0.1) is 0 Å². The lowest BCUT2D eigenvalue weighted by Crippen LogP contribution is -2.47. The molecule has 1 fully saturated rings. The summed E-state index contributed by atoms with van der Waals surface area (Å²) in [4.78, 5) is 15.6. The number of pyridine rings is 1. The van der Waals surface area contributed by atoms with Crippen LogP contribution in [0.15, 0.2) is 24.5 Å². The van der Waals surface area contributed by atoms with Gasteiger partial charge in [-0.3, -0.25) is 9.78 Å². The van der Waals surface area contributed by atoms with E-state index in [1.54, 1.807) is 24.5 Å². The van der Waals surface area contributed by atoms with Crippen molar-refractivity contribution < 1.29 is 14.6 Å². The second-order valence-electron chi connectivity index (χ2n) is 4.68. The number of aromatic nitrogens is 1. The van der Waals surface area contributed by atoms with E-state index in [4.69, 9.17) is 4.74 Å². The molecule has 0 radical (unpaired) electrons. The van der Waals surface area contributed by atoms with E-state index in [-0.39, 0.29) is 18.6 Å². The predicted octanol–water partition coefficient (Wildman–Crippen LogP) is 0.280. The third-order valence-corrected chi connectivity index (χ3v) is 3.37. The average Bonchev–Trinajstić information content (AvgIpc) is 2.69. The molecule has 5 heteroatoms. The SMILES string of the molecule is CC1OCCC1(O)CNC(=O)Cc1ccncc1. The Morgan fingerprint density at radius 1 is 1.61 bits per heavy atom. The molecule has 2 heterocycles. The first kappa shape index (κ1) is 13.0. The number of hydrogen-bond acceptors (Lipinski definition) is 4. The number of hydrogen-bond donors (Lipinski definition) is 2. The van der Waals surface area contributed by atoms with Crippen molar-refractivity contribution in [2.24, 2.45) is 0 Å². The molecule has 5 nitrogen and oxygen atoms in total. The van der Waals surface area contributed by atoms with Crippen LogP contribution in [0.3, 0.4) is 0 Å². The summed E-state index contributed by atoms with van der Waals surface area (Å²) in [7, 11) is 0. The van der Waals surface area contributed by atoms with Crippen LogP contribution >= 0.6 is 0 Å². The van der Waals surface area contributed by atoms with Crippen LogP contribution in [-0.4, -0.2) is 40.9 Å². The molecule has 2 atom stereocenters. The van der Waals surface area contributed by atoms with E-state index in [0.29, 0.717) is 19.4 Å². The molecule has 0 bridgehead atoms. The van der Waals surface area contributed by atoms with Gasteiger partial charge in [-0.15, -0.1) is 0 Å². The highest BCUT2D eigenvalue weighted by molar-refractivity contribution is 5.78. The van der Waals surface area contributed by atoms with Crippen LogP contribution in [-0.2, 0) is 16.0 Å². The number of ether oxygens (including phenoxy) is 1. The normalized spacial score (nSPS) is 27.1. The van der Waals surface area contributed by atoms with Gasteiger partial charge in [0.25, 0.3) is 0 Å². The van der Waals surface area contributed by atoms with Crippen LogP contribution in [0.4, 0.5) is 0 Å². The quantitative estimate of drug-likeness (QED) is 0.805. The summed E-state index contributed by atoms with van der Waals surface area (Å²) < 4.78 is 5.31. The van der Waals surface area contributed by atoms with Crippen LogP contribution in [0.2, 0.25) is 0 Å². The fourth-order valence-electron chi connectivity index (χ4n) is 2.00. The van der Waals surface area contributed by atoms with Crippen molar-refractivity contribution in [3.63, 3.8) is 0 Å². The van der Waals surface area contributed by atoms with E-state index in [2.05, 4.69) is 10.3 Å². The van der Waals surface area contributed by atoms with Crippen molar-refractivity contribution in [2.75, 3.05) is 13.2 Å². The fourth-order valence-corrected chi connectivity index (χ4v) is 2.00. The molecule has 1 aliphatic rings. The molecule has 1 aromatic heterocycles. The highest BCUT2D eigenvalue weighted by atomic mass is 16.5. The van der Waals surface area contributed by atoms with Gasteiger partial charge >= 0.3 is 0 Å². The van der Waals surface area contributed by atoms with Crippen molar-refractivity contribution in [1.29, 1.82) is 0 Å². The summed E-state index contributed by atoms with van der Waals surface area (Å²) in [6.45, 7) is 2.60. The Balaban J connectivity index is 1.82. The van der Waals surface area contributed by atoms with Gasteiger partial charge in [-0.2, -0.15) is 0 Å². The molecule has 0 aliphatic carbocycles. The number of nitrogens with one attached hydrogen (secondary N) is 1. The summed E-state index contributed by atoms with van der Waals surface area (Å²) in [6, 6.07) is 3.60. The third kappa shape index (κ3) is 3.05. The van der Waals surface area contributed by atoms with Crippen molar-refractivity contribution in [2.45, 2.75) is 31.5 Å². The summed E-state index contributed by atoms with van der Waals surface area (Å²) >= 11 is 0. The van der Waals surface area contributed by atoms with Gasteiger partial charge in [0.1, 0.15) is 5.60 Å². The van der Waals surface area contributed by atoms with Gasteiger partial charge in [0.05, 0.1) is 12.5 Å². The van der Waals surface area contributed by atoms with E-state index in [1.165, 1.54) is 0 Å². The van der Waals surface area contributed by atoms with Gasteiger partial charge in [-0.1, -0.05) is 0 Å². The molecule has 0 aromatic carbocycles. The van der Waals surface area contributed by atoms with Gasteiger partial charge in [-0.05, 0) is 24.6 Å². The van der Waals surface area contributed by atoms with Gasteiger partial charge in [0.2, 0.25) is 5.91 Å². The zero-order chi connectivity index (χ0) is 13.0. The zero-order valence-corrected chi connectivity index (χ0v) is 10.4. The third-order valence-electron chi connectivity index (χ3n) is 3.37. The molecule has 98 valence electrons. The lowest BCUT2D eigenvalue weighted by molar-refractivity contribution is -0.122. The lowest BCUT2D eigenvalue weighted by Gasteiger charge is -2.26. The molecule has 1 aliphatic heterocycles. The smallest absolute Gasteiger partial charge is 0.224 e. The number of nitrogens with zero attached hydrogens (tertiary/aromatic N) is 1. The maximum Gasteiger partial charge on any atom is 0.224 e. The number of carbonyl (C=O) groups excluding carboxylic acids is 1. The Bertz CT molecular complexity index is 410. The maximum atomic E-state index is 11.7. The number of amides is 1. The van der Waals surface area contributed by atoms with E-state index in [1.807, 2.05) is 6.92 Å². The monoisotopic (exact) mass is 250 g/mol.